The molecule has 1 aromatic rings. The van der Waals surface area contributed by atoms with Crippen molar-refractivity contribution in [3.05, 3.63) is 16.6 Å². The molecule has 3 N–H and O–H groups in total. The molecule has 0 saturated carbocycles. The number of nitrogens with two attached hydrogens (primary N) is 1. The van der Waals surface area contributed by atoms with Gasteiger partial charge in [0, 0.05) is 18.1 Å². The minimum atomic E-state index is 0.100. The molecule has 0 aromatic carbocycles. The molecule has 0 radical (unpaired) electrons. The zero-order chi connectivity index (χ0) is 8.97. The Labute approximate surface area is 74.1 Å². The molecule has 0 aliphatic rings. The molecule has 0 fully saturated rings. The molecule has 1 rings (SSSR count). The molecule has 0 amide bonds. The van der Waals surface area contributed by atoms with Gasteiger partial charge >= 0.3 is 0 Å². The second-order valence-corrected chi connectivity index (χ2v) is 3.25. The third-order valence-corrected chi connectivity index (χ3v) is 2.13. The van der Waals surface area contributed by atoms with Gasteiger partial charge in [-0.2, -0.15) is 0 Å². The van der Waals surface area contributed by atoms with Gasteiger partial charge in [0.2, 0.25) is 5.96 Å². The minimum absolute atomic E-state index is 0.100. The average molecular weight is 186 g/mol. The molecule has 12 heavy (non-hydrogen) atoms. The highest BCUT2D eigenvalue weighted by atomic mass is 32.1. The van der Waals surface area contributed by atoms with Crippen molar-refractivity contribution in [2.75, 3.05) is 7.05 Å². The van der Waals surface area contributed by atoms with E-state index in [4.69, 9.17) is 10.9 Å². The molecule has 0 spiro atoms. The van der Waals surface area contributed by atoms with Gasteiger partial charge in [0.1, 0.15) is 0 Å². The highest BCUT2D eigenvalue weighted by Crippen LogP contribution is 2.07. The van der Waals surface area contributed by atoms with Crippen LogP contribution >= 0.6 is 11.3 Å². The van der Waals surface area contributed by atoms with Crippen molar-refractivity contribution in [2.45, 2.75) is 6.54 Å². The quantitative estimate of drug-likeness (QED) is 0.301. The summed E-state index contributed by atoms with van der Waals surface area (Å²) < 4.78 is 0. The number of hydrogen-bond donors (Lipinski definition) is 2. The lowest BCUT2D eigenvalue weighted by atomic mass is 10.5. The topological polar surface area (TPSA) is 74.7 Å². The number of thiazole rings is 1. The summed E-state index contributed by atoms with van der Waals surface area (Å²) in [4.78, 5) is 6.61. The van der Waals surface area contributed by atoms with Crippen LogP contribution in [0.5, 0.6) is 0 Å². The normalized spacial score (nSPS) is 11.6. The van der Waals surface area contributed by atoms with E-state index in [2.05, 4.69) is 10.1 Å². The van der Waals surface area contributed by atoms with Gasteiger partial charge in [-0.25, -0.2) is 0 Å². The Hall–Kier alpha value is -1.30. The monoisotopic (exact) mass is 186 g/mol. The molecular formula is C6H10N4OS. The number of nitrogens with zero attached hydrogens (tertiary/aromatic N) is 3. The molecular weight excluding hydrogens is 176 g/mol. The molecule has 1 heterocycles. The zero-order valence-electron chi connectivity index (χ0n) is 6.64. The Balaban J connectivity index is 2.53. The van der Waals surface area contributed by atoms with E-state index < -0.39 is 0 Å². The van der Waals surface area contributed by atoms with E-state index in [-0.39, 0.29) is 5.96 Å². The van der Waals surface area contributed by atoms with Crippen molar-refractivity contribution < 1.29 is 5.21 Å². The Morgan fingerprint density at radius 2 is 2.67 bits per heavy atom. The first-order valence-corrected chi connectivity index (χ1v) is 4.18. The summed E-state index contributed by atoms with van der Waals surface area (Å²) >= 11 is 1.53. The Kier molecular flexibility index (Phi) is 2.87. The van der Waals surface area contributed by atoms with Crippen molar-refractivity contribution in [3.63, 3.8) is 0 Å². The lowest BCUT2D eigenvalue weighted by Gasteiger charge is -2.14. The van der Waals surface area contributed by atoms with Crippen LogP contribution in [0.15, 0.2) is 16.9 Å². The summed E-state index contributed by atoms with van der Waals surface area (Å²) in [5, 5.41) is 11.2. The van der Waals surface area contributed by atoms with Crippen molar-refractivity contribution >= 4 is 17.3 Å². The van der Waals surface area contributed by atoms with Crippen molar-refractivity contribution in [3.8, 4) is 0 Å². The predicted molar refractivity (Wildman–Crippen MR) is 47.0 cm³/mol. The van der Waals surface area contributed by atoms with Crippen LogP contribution in [0.25, 0.3) is 0 Å². The molecule has 0 aliphatic carbocycles. The Morgan fingerprint density at radius 1 is 1.92 bits per heavy atom. The molecule has 1 aromatic heterocycles. The third-order valence-electron chi connectivity index (χ3n) is 1.37. The molecule has 6 heteroatoms. The largest absolute Gasteiger partial charge is 0.408 e. The van der Waals surface area contributed by atoms with Crippen LogP contribution in [0.1, 0.15) is 4.88 Å². The van der Waals surface area contributed by atoms with Crippen LogP contribution in [-0.2, 0) is 6.54 Å². The summed E-state index contributed by atoms with van der Waals surface area (Å²) in [6, 6.07) is 0. The van der Waals surface area contributed by atoms with Crippen LogP contribution in [-0.4, -0.2) is 28.1 Å². The number of hydrogen-bond acceptors (Lipinski definition) is 4. The van der Waals surface area contributed by atoms with Crippen LogP contribution in [0.2, 0.25) is 0 Å². The fourth-order valence-corrected chi connectivity index (χ4v) is 1.36. The van der Waals surface area contributed by atoms with Gasteiger partial charge in [0.25, 0.3) is 0 Å². The van der Waals surface area contributed by atoms with Crippen LogP contribution in [0.4, 0.5) is 0 Å². The maximum atomic E-state index is 8.34. The van der Waals surface area contributed by atoms with Crippen molar-refractivity contribution in [1.82, 2.24) is 9.88 Å². The predicted octanol–water partition coefficient (Wildman–Crippen LogP) is 0.279. The summed E-state index contributed by atoms with van der Waals surface area (Å²) in [6.07, 6.45) is 1.76. The summed E-state index contributed by atoms with van der Waals surface area (Å²) in [5.41, 5.74) is 7.09. The van der Waals surface area contributed by atoms with E-state index in [0.29, 0.717) is 6.54 Å². The van der Waals surface area contributed by atoms with Gasteiger partial charge in [-0.15, -0.1) is 11.3 Å². The van der Waals surface area contributed by atoms with Crippen LogP contribution in [0, 0.1) is 0 Å². The molecule has 5 nitrogen and oxygen atoms in total. The van der Waals surface area contributed by atoms with E-state index in [1.54, 1.807) is 23.7 Å². The molecule has 66 valence electrons. The minimum Gasteiger partial charge on any atom is -0.408 e. The van der Waals surface area contributed by atoms with E-state index in [9.17, 15) is 0 Å². The van der Waals surface area contributed by atoms with E-state index in [1.165, 1.54) is 11.3 Å². The second kappa shape index (κ2) is 3.91. The highest BCUT2D eigenvalue weighted by molar-refractivity contribution is 7.09. The summed E-state index contributed by atoms with van der Waals surface area (Å²) in [6.45, 7) is 0.612. The number of rotatable bonds is 2. The first-order valence-electron chi connectivity index (χ1n) is 3.30. The zero-order valence-corrected chi connectivity index (χ0v) is 7.45. The van der Waals surface area contributed by atoms with E-state index in [0.717, 1.165) is 4.88 Å². The van der Waals surface area contributed by atoms with Gasteiger partial charge in [0.15, 0.2) is 0 Å². The molecule has 0 aliphatic heterocycles. The number of guanidine groups is 1. The molecule has 0 atom stereocenters. The highest BCUT2D eigenvalue weighted by Gasteiger charge is 2.03. The molecule has 0 unspecified atom stereocenters. The fourth-order valence-electron chi connectivity index (χ4n) is 0.711. The first-order chi connectivity index (χ1) is 5.74. The van der Waals surface area contributed by atoms with Gasteiger partial charge in [-0.05, 0) is 0 Å². The maximum absolute atomic E-state index is 8.34. The van der Waals surface area contributed by atoms with E-state index >= 15 is 0 Å². The standard InChI is InChI=1S/C6H10N4OS/c1-10(6(7)9-11)3-5-2-8-4-12-5/h2,4,11H,3H2,1H3,(H2,7,9). The second-order valence-electron chi connectivity index (χ2n) is 2.28. The van der Waals surface area contributed by atoms with Gasteiger partial charge in [-0.3, -0.25) is 4.98 Å². The summed E-state index contributed by atoms with van der Waals surface area (Å²) in [5.74, 6) is 0.100. The number of oxime groups is 1. The molecule has 0 saturated heterocycles. The SMILES string of the molecule is CN(Cc1cncs1)/C(N)=N/O. The Morgan fingerprint density at radius 3 is 3.17 bits per heavy atom. The van der Waals surface area contributed by atoms with Crippen LogP contribution in [0.3, 0.4) is 0 Å². The lowest BCUT2D eigenvalue weighted by molar-refractivity contribution is 0.304. The molecule has 0 bridgehead atoms. The smallest absolute Gasteiger partial charge is 0.233 e. The van der Waals surface area contributed by atoms with Gasteiger partial charge in [-0.1, -0.05) is 5.16 Å². The third kappa shape index (κ3) is 2.09. The number of aromatic nitrogens is 1. The van der Waals surface area contributed by atoms with Gasteiger partial charge in [0.05, 0.1) is 12.1 Å². The van der Waals surface area contributed by atoms with Crippen molar-refractivity contribution in [2.24, 2.45) is 10.9 Å². The van der Waals surface area contributed by atoms with E-state index in [1.807, 2.05) is 0 Å². The Bertz CT molecular complexity index is 259. The fraction of sp³-hybridized carbons (Fsp3) is 0.333. The lowest BCUT2D eigenvalue weighted by Crippen LogP contribution is -2.33. The average Bonchev–Trinajstić information content (AvgIpc) is 2.55. The summed E-state index contributed by atoms with van der Waals surface area (Å²) in [7, 11) is 1.74. The van der Waals surface area contributed by atoms with Crippen molar-refractivity contribution in [1.29, 1.82) is 0 Å². The maximum Gasteiger partial charge on any atom is 0.233 e. The first kappa shape index (κ1) is 8.79. The van der Waals surface area contributed by atoms with Gasteiger partial charge < -0.3 is 15.8 Å². The van der Waals surface area contributed by atoms with Crippen LogP contribution < -0.4 is 5.73 Å².